The van der Waals surface area contributed by atoms with Crippen molar-refractivity contribution in [1.82, 2.24) is 5.43 Å². The first-order valence-electron chi connectivity index (χ1n) is 4.72. The zero-order valence-corrected chi connectivity index (χ0v) is 8.40. The van der Waals surface area contributed by atoms with Crippen LogP contribution in [-0.2, 0) is 0 Å². The SMILES string of the molecule is N=NC(=O)NNc1ccc2ccccc2c1. The van der Waals surface area contributed by atoms with Gasteiger partial charge in [0.25, 0.3) is 0 Å². The lowest BCUT2D eigenvalue weighted by Gasteiger charge is -2.06. The van der Waals surface area contributed by atoms with Gasteiger partial charge in [-0.05, 0) is 22.9 Å². The van der Waals surface area contributed by atoms with Crippen LogP contribution in [0.2, 0.25) is 0 Å². The van der Waals surface area contributed by atoms with Gasteiger partial charge < -0.3 is 0 Å². The van der Waals surface area contributed by atoms with Crippen LogP contribution in [-0.4, -0.2) is 6.03 Å². The number of anilines is 1. The molecular formula is C11H10N4O. The molecule has 0 saturated heterocycles. The van der Waals surface area contributed by atoms with Crippen molar-refractivity contribution in [3.63, 3.8) is 0 Å². The third-order valence-corrected chi connectivity index (χ3v) is 2.16. The van der Waals surface area contributed by atoms with Gasteiger partial charge in [0.2, 0.25) is 0 Å². The molecule has 0 bridgehead atoms. The number of benzene rings is 2. The fraction of sp³-hybridized carbons (Fsp3) is 0. The molecule has 0 aromatic heterocycles. The molecule has 2 amide bonds. The molecule has 16 heavy (non-hydrogen) atoms. The van der Waals surface area contributed by atoms with Gasteiger partial charge in [0.05, 0.1) is 5.69 Å². The van der Waals surface area contributed by atoms with Crippen LogP contribution in [0.5, 0.6) is 0 Å². The minimum Gasteiger partial charge on any atom is -0.297 e. The molecule has 2 aromatic rings. The highest BCUT2D eigenvalue weighted by Gasteiger charge is 1.97. The van der Waals surface area contributed by atoms with Crippen molar-refractivity contribution < 1.29 is 4.79 Å². The summed E-state index contributed by atoms with van der Waals surface area (Å²) in [4.78, 5) is 10.7. The third-order valence-electron chi connectivity index (χ3n) is 2.16. The molecule has 3 N–H and O–H groups in total. The van der Waals surface area contributed by atoms with Crippen LogP contribution in [0.15, 0.2) is 47.6 Å². The van der Waals surface area contributed by atoms with Crippen molar-refractivity contribution in [3.05, 3.63) is 42.5 Å². The Balaban J connectivity index is 2.19. The molecule has 0 spiro atoms. The predicted molar refractivity (Wildman–Crippen MR) is 61.3 cm³/mol. The standard InChI is InChI=1S/C11H10N4O/c12-13-11(16)15-14-10-6-5-8-3-1-2-4-9(8)7-10/h1-7,12,14H,(H,15,16). The summed E-state index contributed by atoms with van der Waals surface area (Å²) in [6.45, 7) is 0. The summed E-state index contributed by atoms with van der Waals surface area (Å²) in [7, 11) is 0. The summed E-state index contributed by atoms with van der Waals surface area (Å²) in [5.41, 5.74) is 12.2. The minimum absolute atomic E-state index is 0.729. The van der Waals surface area contributed by atoms with Crippen LogP contribution < -0.4 is 10.9 Å². The molecule has 2 aromatic carbocycles. The van der Waals surface area contributed by atoms with Gasteiger partial charge in [-0.25, -0.2) is 10.2 Å². The van der Waals surface area contributed by atoms with E-state index < -0.39 is 6.03 Å². The van der Waals surface area contributed by atoms with E-state index >= 15 is 0 Å². The summed E-state index contributed by atoms with van der Waals surface area (Å²) in [6, 6.07) is 12.9. The van der Waals surface area contributed by atoms with Crippen LogP contribution in [0, 0.1) is 5.53 Å². The zero-order valence-electron chi connectivity index (χ0n) is 8.40. The number of carbonyl (C=O) groups is 1. The molecular weight excluding hydrogens is 204 g/mol. The average Bonchev–Trinajstić information content (AvgIpc) is 2.35. The summed E-state index contributed by atoms with van der Waals surface area (Å²) in [5, 5.41) is 4.91. The zero-order chi connectivity index (χ0) is 11.4. The molecule has 0 aliphatic carbocycles. The molecule has 0 unspecified atom stereocenters. The number of fused-ring (bicyclic) bond motifs is 1. The van der Waals surface area contributed by atoms with E-state index in [0.717, 1.165) is 16.5 Å². The van der Waals surface area contributed by atoms with Crippen LogP contribution in [0.4, 0.5) is 10.5 Å². The van der Waals surface area contributed by atoms with Gasteiger partial charge in [-0.15, -0.1) is 0 Å². The molecule has 0 atom stereocenters. The van der Waals surface area contributed by atoms with Crippen LogP contribution in [0.3, 0.4) is 0 Å². The lowest BCUT2D eigenvalue weighted by Crippen LogP contribution is -2.25. The maximum atomic E-state index is 10.7. The van der Waals surface area contributed by atoms with Crippen LogP contribution in [0.1, 0.15) is 0 Å². The van der Waals surface area contributed by atoms with Gasteiger partial charge in [-0.3, -0.25) is 5.43 Å². The van der Waals surface area contributed by atoms with E-state index in [1.54, 1.807) is 0 Å². The van der Waals surface area contributed by atoms with E-state index in [9.17, 15) is 4.79 Å². The normalized spacial score (nSPS) is 9.75. The van der Waals surface area contributed by atoms with Crippen molar-refractivity contribution >= 4 is 22.5 Å². The van der Waals surface area contributed by atoms with E-state index in [-0.39, 0.29) is 0 Å². The van der Waals surface area contributed by atoms with E-state index in [1.165, 1.54) is 0 Å². The highest BCUT2D eigenvalue weighted by Crippen LogP contribution is 2.17. The Hall–Kier alpha value is -2.43. The Morgan fingerprint density at radius 1 is 1.12 bits per heavy atom. The van der Waals surface area contributed by atoms with Crippen LogP contribution in [0.25, 0.3) is 10.8 Å². The molecule has 80 valence electrons. The summed E-state index contributed by atoms with van der Waals surface area (Å²) in [5.74, 6) is 0. The number of carbonyl (C=O) groups excluding carboxylic acids is 1. The molecule has 0 heterocycles. The Bertz CT molecular complexity index is 538. The third kappa shape index (κ3) is 2.14. The molecule has 5 nitrogen and oxygen atoms in total. The second-order valence-electron chi connectivity index (χ2n) is 3.23. The average molecular weight is 214 g/mol. The van der Waals surface area contributed by atoms with Crippen LogP contribution >= 0.6 is 0 Å². The number of rotatable bonds is 2. The maximum absolute atomic E-state index is 10.7. The fourth-order valence-corrected chi connectivity index (χ4v) is 1.42. The first-order chi connectivity index (χ1) is 7.79. The first kappa shape index (κ1) is 10.1. The molecule has 0 fully saturated rings. The van der Waals surface area contributed by atoms with Crippen molar-refractivity contribution in [2.24, 2.45) is 5.11 Å². The number of hydrogen-bond acceptors (Lipinski definition) is 3. The second kappa shape index (κ2) is 4.39. The second-order valence-corrected chi connectivity index (χ2v) is 3.23. The number of urea groups is 1. The summed E-state index contributed by atoms with van der Waals surface area (Å²) in [6.07, 6.45) is 0. The first-order valence-corrected chi connectivity index (χ1v) is 4.72. The Labute approximate surface area is 91.9 Å². The quantitative estimate of drug-likeness (QED) is 0.531. The smallest absolute Gasteiger partial charge is 0.297 e. The van der Waals surface area contributed by atoms with Gasteiger partial charge in [-0.1, -0.05) is 35.4 Å². The number of nitrogens with one attached hydrogen (secondary N) is 3. The minimum atomic E-state index is -0.729. The van der Waals surface area contributed by atoms with Gasteiger partial charge in [0.1, 0.15) is 0 Å². The number of hydrazine groups is 1. The maximum Gasteiger partial charge on any atom is 0.377 e. The Morgan fingerprint density at radius 2 is 1.88 bits per heavy atom. The highest BCUT2D eigenvalue weighted by atomic mass is 16.2. The summed E-state index contributed by atoms with van der Waals surface area (Å²) >= 11 is 0. The predicted octanol–water partition coefficient (Wildman–Crippen LogP) is 2.91. The number of nitrogens with zero attached hydrogens (tertiary/aromatic N) is 1. The van der Waals surface area contributed by atoms with E-state index in [1.807, 2.05) is 42.5 Å². The monoisotopic (exact) mass is 214 g/mol. The van der Waals surface area contributed by atoms with Crippen molar-refractivity contribution in [3.8, 4) is 0 Å². The van der Waals surface area contributed by atoms with Crippen molar-refractivity contribution in [1.29, 1.82) is 5.53 Å². The van der Waals surface area contributed by atoms with Gasteiger partial charge in [-0.2, -0.15) is 5.53 Å². The fourth-order valence-electron chi connectivity index (χ4n) is 1.42. The molecule has 5 heteroatoms. The Kier molecular flexibility index (Phi) is 2.77. The van der Waals surface area contributed by atoms with E-state index in [0.29, 0.717) is 0 Å². The largest absolute Gasteiger partial charge is 0.377 e. The molecule has 0 radical (unpaired) electrons. The number of amides is 2. The van der Waals surface area contributed by atoms with Gasteiger partial charge in [0, 0.05) is 0 Å². The van der Waals surface area contributed by atoms with Gasteiger partial charge in [0.15, 0.2) is 0 Å². The van der Waals surface area contributed by atoms with Crippen molar-refractivity contribution in [2.45, 2.75) is 0 Å². The topological polar surface area (TPSA) is 77.3 Å². The van der Waals surface area contributed by atoms with Gasteiger partial charge >= 0.3 is 6.03 Å². The lowest BCUT2D eigenvalue weighted by molar-refractivity contribution is 0.249. The molecule has 2 rings (SSSR count). The molecule has 0 saturated carbocycles. The lowest BCUT2D eigenvalue weighted by atomic mass is 10.1. The molecule has 0 aliphatic rings. The Morgan fingerprint density at radius 3 is 2.62 bits per heavy atom. The van der Waals surface area contributed by atoms with E-state index in [2.05, 4.69) is 16.0 Å². The highest BCUT2D eigenvalue weighted by molar-refractivity contribution is 5.86. The van der Waals surface area contributed by atoms with Crippen molar-refractivity contribution in [2.75, 3.05) is 5.43 Å². The van der Waals surface area contributed by atoms with E-state index in [4.69, 9.17) is 5.53 Å². The summed E-state index contributed by atoms with van der Waals surface area (Å²) < 4.78 is 0. The molecule has 0 aliphatic heterocycles. The number of hydrogen-bond donors (Lipinski definition) is 3.